The summed E-state index contributed by atoms with van der Waals surface area (Å²) in [6.45, 7) is 3.67. The number of rotatable bonds is 3. The van der Waals surface area contributed by atoms with Crippen molar-refractivity contribution in [3.05, 3.63) is 36.0 Å². The van der Waals surface area contributed by atoms with Gasteiger partial charge in [-0.3, -0.25) is 4.68 Å². The summed E-state index contributed by atoms with van der Waals surface area (Å²) in [5.41, 5.74) is 3.83. The molecule has 0 radical (unpaired) electrons. The quantitative estimate of drug-likeness (QED) is 0.803. The third kappa shape index (κ3) is 2.63. The van der Waals surface area contributed by atoms with E-state index >= 15 is 0 Å². The zero-order valence-corrected chi connectivity index (χ0v) is 14.6. The molecule has 0 amide bonds. The van der Waals surface area contributed by atoms with E-state index in [1.54, 1.807) is 0 Å². The van der Waals surface area contributed by atoms with Gasteiger partial charge in [-0.1, -0.05) is 12.1 Å². The van der Waals surface area contributed by atoms with Gasteiger partial charge in [0.25, 0.3) is 0 Å². The molecule has 1 aromatic carbocycles. The van der Waals surface area contributed by atoms with Crippen LogP contribution in [0.15, 0.2) is 30.5 Å². The fraction of sp³-hybridized carbons (Fsp3) is 0.524. The SMILES string of the molecule is O=CC1C=C(c2ccc3c(cnn3[C@H]3CN4CCC3CC4)c2)CCC1. The van der Waals surface area contributed by atoms with Gasteiger partial charge in [0.15, 0.2) is 0 Å². The van der Waals surface area contributed by atoms with E-state index in [0.29, 0.717) is 6.04 Å². The van der Waals surface area contributed by atoms with Crippen LogP contribution in [0.1, 0.15) is 43.7 Å². The third-order valence-corrected chi connectivity index (χ3v) is 6.48. The standard InChI is InChI=1S/C21H25N3O/c25-14-15-2-1-3-17(10-15)18-4-5-20-19(11-18)12-22-24(20)21-13-23-8-6-16(21)7-9-23/h4-5,10-12,14-16,21H,1-3,6-9,13H2/t15?,21-/m0/s1. The van der Waals surface area contributed by atoms with Gasteiger partial charge in [-0.15, -0.1) is 0 Å². The van der Waals surface area contributed by atoms with Crippen LogP contribution >= 0.6 is 0 Å². The molecule has 0 spiro atoms. The number of piperidine rings is 3. The zero-order chi connectivity index (χ0) is 16.8. The Kier molecular flexibility index (Phi) is 3.74. The van der Waals surface area contributed by atoms with Crippen molar-refractivity contribution in [3.8, 4) is 0 Å². The summed E-state index contributed by atoms with van der Waals surface area (Å²) >= 11 is 0. The van der Waals surface area contributed by atoms with Gasteiger partial charge in [-0.25, -0.2) is 0 Å². The lowest BCUT2D eigenvalue weighted by Crippen LogP contribution is -2.48. The molecular formula is C21H25N3O. The van der Waals surface area contributed by atoms with Crippen molar-refractivity contribution in [2.75, 3.05) is 19.6 Å². The van der Waals surface area contributed by atoms with Gasteiger partial charge in [0.1, 0.15) is 6.29 Å². The number of benzene rings is 1. The number of carbonyl (C=O) groups is 1. The zero-order valence-electron chi connectivity index (χ0n) is 14.6. The topological polar surface area (TPSA) is 38.1 Å². The van der Waals surface area contributed by atoms with Crippen molar-refractivity contribution in [1.82, 2.24) is 14.7 Å². The molecule has 2 aromatic rings. The Morgan fingerprint density at radius 3 is 2.80 bits per heavy atom. The molecule has 1 aromatic heterocycles. The average molecular weight is 335 g/mol. The molecule has 3 aliphatic heterocycles. The number of hydrogen-bond acceptors (Lipinski definition) is 3. The molecule has 4 aliphatic rings. The van der Waals surface area contributed by atoms with E-state index < -0.39 is 0 Å². The first kappa shape index (κ1) is 15.3. The second-order valence-corrected chi connectivity index (χ2v) is 7.95. The van der Waals surface area contributed by atoms with Crippen LogP contribution in [-0.4, -0.2) is 40.6 Å². The minimum atomic E-state index is 0.0917. The first-order valence-electron chi connectivity index (χ1n) is 9.68. The Morgan fingerprint density at radius 1 is 1.16 bits per heavy atom. The molecule has 1 aliphatic carbocycles. The van der Waals surface area contributed by atoms with Gasteiger partial charge in [0.2, 0.25) is 0 Å². The molecule has 25 heavy (non-hydrogen) atoms. The van der Waals surface area contributed by atoms with E-state index in [0.717, 1.165) is 38.0 Å². The van der Waals surface area contributed by atoms with E-state index in [2.05, 4.69) is 33.9 Å². The van der Waals surface area contributed by atoms with Gasteiger partial charge in [0.05, 0.1) is 17.8 Å². The normalized spacial score (nSPS) is 31.9. The lowest BCUT2D eigenvalue weighted by atomic mass is 9.84. The van der Waals surface area contributed by atoms with E-state index in [1.165, 1.54) is 48.0 Å². The molecule has 3 fully saturated rings. The average Bonchev–Trinajstić information content (AvgIpc) is 3.12. The monoisotopic (exact) mass is 335 g/mol. The lowest BCUT2D eigenvalue weighted by Gasteiger charge is -2.44. The van der Waals surface area contributed by atoms with Crippen LogP contribution in [0.2, 0.25) is 0 Å². The summed E-state index contributed by atoms with van der Waals surface area (Å²) in [5.74, 6) is 0.871. The number of carbonyl (C=O) groups excluding carboxylic acids is 1. The van der Waals surface area contributed by atoms with Crippen molar-refractivity contribution in [2.24, 2.45) is 11.8 Å². The highest BCUT2D eigenvalue weighted by atomic mass is 16.1. The maximum absolute atomic E-state index is 11.1. The summed E-state index contributed by atoms with van der Waals surface area (Å²) in [7, 11) is 0. The van der Waals surface area contributed by atoms with Crippen LogP contribution in [0.5, 0.6) is 0 Å². The Hall–Kier alpha value is -1.94. The number of aldehydes is 1. The molecule has 2 bridgehead atoms. The van der Waals surface area contributed by atoms with Gasteiger partial charge in [-0.05, 0) is 74.4 Å². The third-order valence-electron chi connectivity index (χ3n) is 6.48. The second-order valence-electron chi connectivity index (χ2n) is 7.95. The fourth-order valence-corrected chi connectivity index (χ4v) is 5.03. The summed E-state index contributed by atoms with van der Waals surface area (Å²) in [5, 5.41) is 5.99. The highest BCUT2D eigenvalue weighted by Gasteiger charge is 2.36. The van der Waals surface area contributed by atoms with Crippen LogP contribution in [0.25, 0.3) is 16.5 Å². The van der Waals surface area contributed by atoms with Crippen LogP contribution in [-0.2, 0) is 4.79 Å². The van der Waals surface area contributed by atoms with Gasteiger partial charge >= 0.3 is 0 Å². The minimum Gasteiger partial charge on any atom is -0.303 e. The van der Waals surface area contributed by atoms with Gasteiger partial charge in [0, 0.05) is 17.8 Å². The number of allylic oxidation sites excluding steroid dienone is 2. The van der Waals surface area contributed by atoms with Crippen molar-refractivity contribution < 1.29 is 4.79 Å². The summed E-state index contributed by atoms with van der Waals surface area (Å²) in [6.07, 6.45) is 11.1. The Balaban J connectivity index is 1.49. The first-order chi connectivity index (χ1) is 12.3. The van der Waals surface area contributed by atoms with Crippen LogP contribution in [0.4, 0.5) is 0 Å². The molecule has 4 heteroatoms. The van der Waals surface area contributed by atoms with Crippen LogP contribution < -0.4 is 0 Å². The van der Waals surface area contributed by atoms with E-state index in [4.69, 9.17) is 5.10 Å². The van der Waals surface area contributed by atoms with Crippen molar-refractivity contribution >= 4 is 22.8 Å². The molecule has 130 valence electrons. The maximum atomic E-state index is 11.1. The fourth-order valence-electron chi connectivity index (χ4n) is 5.03. The smallest absolute Gasteiger partial charge is 0.126 e. The largest absolute Gasteiger partial charge is 0.303 e. The van der Waals surface area contributed by atoms with E-state index in [-0.39, 0.29) is 5.92 Å². The van der Waals surface area contributed by atoms with E-state index in [9.17, 15) is 4.79 Å². The molecule has 2 atom stereocenters. The summed E-state index contributed by atoms with van der Waals surface area (Å²) in [6, 6.07) is 7.25. The maximum Gasteiger partial charge on any atom is 0.126 e. The first-order valence-corrected chi connectivity index (χ1v) is 9.68. The van der Waals surface area contributed by atoms with Crippen molar-refractivity contribution in [1.29, 1.82) is 0 Å². The molecule has 0 saturated carbocycles. The predicted molar refractivity (Wildman–Crippen MR) is 99.3 cm³/mol. The van der Waals surface area contributed by atoms with Crippen LogP contribution in [0.3, 0.4) is 0 Å². The van der Waals surface area contributed by atoms with Crippen LogP contribution in [0, 0.1) is 11.8 Å². The second kappa shape index (κ2) is 6.10. The molecule has 3 saturated heterocycles. The molecule has 6 rings (SSSR count). The van der Waals surface area contributed by atoms with Gasteiger partial charge < -0.3 is 9.69 Å². The molecule has 4 heterocycles. The highest BCUT2D eigenvalue weighted by Crippen LogP contribution is 2.37. The van der Waals surface area contributed by atoms with Crippen molar-refractivity contribution in [2.45, 2.75) is 38.1 Å². The Morgan fingerprint density at radius 2 is 2.04 bits per heavy atom. The summed E-state index contributed by atoms with van der Waals surface area (Å²) in [4.78, 5) is 13.7. The van der Waals surface area contributed by atoms with E-state index in [1.807, 2.05) is 6.20 Å². The molecular weight excluding hydrogens is 310 g/mol. The molecule has 1 unspecified atom stereocenters. The number of nitrogens with zero attached hydrogens (tertiary/aromatic N) is 3. The molecule has 4 nitrogen and oxygen atoms in total. The summed E-state index contributed by atoms with van der Waals surface area (Å²) < 4.78 is 2.28. The number of fused-ring (bicyclic) bond motifs is 4. The minimum absolute atomic E-state index is 0.0917. The predicted octanol–water partition coefficient (Wildman–Crippen LogP) is 3.69. The lowest BCUT2D eigenvalue weighted by molar-refractivity contribution is -0.110. The Labute approximate surface area is 148 Å². The van der Waals surface area contributed by atoms with Crippen molar-refractivity contribution in [3.63, 3.8) is 0 Å². The Bertz CT molecular complexity index is 829. The highest BCUT2D eigenvalue weighted by molar-refractivity contribution is 5.84. The molecule has 0 N–H and O–H groups in total. The number of aromatic nitrogens is 2. The number of hydrogen-bond donors (Lipinski definition) is 0. The van der Waals surface area contributed by atoms with Gasteiger partial charge in [-0.2, -0.15) is 5.10 Å².